The van der Waals surface area contributed by atoms with Crippen LogP contribution >= 0.6 is 11.6 Å². The number of nitrogens with one attached hydrogen (secondary N) is 2. The highest BCUT2D eigenvalue weighted by Gasteiger charge is 2.38. The van der Waals surface area contributed by atoms with Gasteiger partial charge in [-0.1, -0.05) is 17.7 Å². The van der Waals surface area contributed by atoms with Crippen LogP contribution in [0.5, 0.6) is 5.75 Å². The second kappa shape index (κ2) is 10.2. The van der Waals surface area contributed by atoms with Crippen LogP contribution < -0.4 is 15.4 Å². The Morgan fingerprint density at radius 3 is 3.00 bits per heavy atom. The average molecular weight is 498 g/mol. The molecule has 1 aromatic heterocycles. The maximum atomic E-state index is 13.5. The monoisotopic (exact) mass is 497 g/mol. The molecule has 3 heterocycles. The fraction of sp³-hybridized carbons (Fsp3) is 0.320. The molecule has 182 valence electrons. The van der Waals surface area contributed by atoms with E-state index in [1.807, 2.05) is 6.08 Å². The van der Waals surface area contributed by atoms with Gasteiger partial charge in [0.15, 0.2) is 0 Å². The molecular formula is C25H25ClFN5O3. The van der Waals surface area contributed by atoms with Crippen molar-refractivity contribution in [2.75, 3.05) is 37.4 Å². The molecule has 0 radical (unpaired) electrons. The fourth-order valence-corrected chi connectivity index (χ4v) is 4.63. The Morgan fingerprint density at radius 2 is 2.23 bits per heavy atom. The minimum Gasteiger partial charge on any atom is -0.494 e. The predicted molar refractivity (Wildman–Crippen MR) is 133 cm³/mol. The Morgan fingerprint density at radius 1 is 1.34 bits per heavy atom. The van der Waals surface area contributed by atoms with Gasteiger partial charge in [-0.05, 0) is 43.7 Å². The Balaban J connectivity index is 1.33. The van der Waals surface area contributed by atoms with Gasteiger partial charge in [-0.15, -0.1) is 0 Å². The van der Waals surface area contributed by atoms with Crippen molar-refractivity contribution < 1.29 is 18.7 Å². The van der Waals surface area contributed by atoms with Crippen LogP contribution in [0.25, 0.3) is 10.9 Å². The third kappa shape index (κ3) is 5.07. The molecule has 1 amide bonds. The van der Waals surface area contributed by atoms with Gasteiger partial charge in [-0.3, -0.25) is 9.69 Å². The summed E-state index contributed by atoms with van der Waals surface area (Å²) < 4.78 is 24.6. The first-order valence-corrected chi connectivity index (χ1v) is 11.8. The summed E-state index contributed by atoms with van der Waals surface area (Å²) in [6.45, 7) is 2.49. The number of likely N-dealkylation sites (tertiary alicyclic amines) is 1. The first-order valence-electron chi connectivity index (χ1n) is 11.4. The fourth-order valence-electron chi connectivity index (χ4n) is 4.45. The Kier molecular flexibility index (Phi) is 6.81. The van der Waals surface area contributed by atoms with E-state index >= 15 is 0 Å². The normalized spacial score (nSPS) is 19.9. The summed E-state index contributed by atoms with van der Waals surface area (Å²) in [7, 11) is 1.53. The molecule has 8 nitrogen and oxygen atoms in total. The number of rotatable bonds is 7. The zero-order chi connectivity index (χ0) is 24.4. The number of anilines is 3. The molecule has 2 fully saturated rings. The number of carbonyl (C=O) groups excluding carboxylic acids is 1. The van der Waals surface area contributed by atoms with Crippen LogP contribution in [-0.2, 0) is 9.53 Å². The molecule has 0 saturated carbocycles. The molecule has 0 aliphatic carbocycles. The second-order valence-electron chi connectivity index (χ2n) is 8.51. The minimum atomic E-state index is -0.506. The summed E-state index contributed by atoms with van der Waals surface area (Å²) in [6, 6.07) is 8.24. The molecule has 10 heteroatoms. The van der Waals surface area contributed by atoms with Crippen LogP contribution in [0.3, 0.4) is 0 Å². The highest BCUT2D eigenvalue weighted by Crippen LogP contribution is 2.34. The number of piperidine rings is 1. The van der Waals surface area contributed by atoms with E-state index in [-0.39, 0.29) is 10.9 Å². The molecule has 0 bridgehead atoms. The van der Waals surface area contributed by atoms with Gasteiger partial charge in [0.05, 0.1) is 42.1 Å². The number of aromatic nitrogens is 2. The average Bonchev–Trinajstić information content (AvgIpc) is 2.82. The lowest BCUT2D eigenvalue weighted by Gasteiger charge is -2.47. The Hall–Kier alpha value is -3.27. The quantitative estimate of drug-likeness (QED) is 0.463. The summed E-state index contributed by atoms with van der Waals surface area (Å²) in [5, 5.41) is 6.67. The summed E-state index contributed by atoms with van der Waals surface area (Å²) in [5.41, 5.74) is 1.66. The van der Waals surface area contributed by atoms with Gasteiger partial charge in [0.25, 0.3) is 0 Å². The lowest BCUT2D eigenvalue weighted by atomic mass is 9.95. The maximum absolute atomic E-state index is 13.5. The van der Waals surface area contributed by atoms with E-state index in [2.05, 4.69) is 25.5 Å². The maximum Gasteiger partial charge on any atom is 0.248 e. The molecule has 2 aliphatic rings. The topological polar surface area (TPSA) is 88.6 Å². The molecule has 35 heavy (non-hydrogen) atoms. The number of carbonyl (C=O) groups is 1. The van der Waals surface area contributed by atoms with Crippen molar-refractivity contribution in [3.8, 4) is 5.75 Å². The minimum absolute atomic E-state index is 0.000297. The highest BCUT2D eigenvalue weighted by atomic mass is 35.5. The zero-order valence-electron chi connectivity index (χ0n) is 19.1. The number of hydrogen-bond donors (Lipinski definition) is 2. The largest absolute Gasteiger partial charge is 0.494 e. The van der Waals surface area contributed by atoms with Crippen molar-refractivity contribution in [2.45, 2.75) is 25.0 Å². The van der Waals surface area contributed by atoms with Crippen molar-refractivity contribution in [2.24, 2.45) is 0 Å². The second-order valence-corrected chi connectivity index (χ2v) is 8.92. The Labute approximate surface area is 207 Å². The number of hydrogen-bond acceptors (Lipinski definition) is 7. The molecule has 2 N–H and O–H groups in total. The van der Waals surface area contributed by atoms with Crippen LogP contribution in [0.1, 0.15) is 12.8 Å². The SMILES string of the molecule is COc1cc2ncnc(Nc3ccc(F)c(Cl)c3)c2cc1NC(=O)/C=C/CN1CCCC2OCC21. The van der Waals surface area contributed by atoms with Gasteiger partial charge >= 0.3 is 0 Å². The van der Waals surface area contributed by atoms with Crippen LogP contribution in [-0.4, -0.2) is 59.7 Å². The third-order valence-corrected chi connectivity index (χ3v) is 6.61. The molecule has 2 unspecified atom stereocenters. The summed E-state index contributed by atoms with van der Waals surface area (Å²) in [6.07, 6.45) is 7.38. The van der Waals surface area contributed by atoms with E-state index in [1.54, 1.807) is 18.2 Å². The molecule has 3 aromatic rings. The van der Waals surface area contributed by atoms with Crippen molar-refractivity contribution >= 4 is 45.6 Å². The van der Waals surface area contributed by atoms with E-state index < -0.39 is 5.82 Å². The first kappa shape index (κ1) is 23.5. The van der Waals surface area contributed by atoms with Crippen LogP contribution in [0.4, 0.5) is 21.6 Å². The molecule has 2 aromatic carbocycles. The molecule has 2 atom stereocenters. The summed E-state index contributed by atoms with van der Waals surface area (Å²) >= 11 is 5.90. The molecule has 2 aliphatic heterocycles. The highest BCUT2D eigenvalue weighted by molar-refractivity contribution is 6.31. The van der Waals surface area contributed by atoms with Gasteiger partial charge in [0.2, 0.25) is 5.91 Å². The number of fused-ring (bicyclic) bond motifs is 2. The van der Waals surface area contributed by atoms with Gasteiger partial charge in [0.1, 0.15) is 23.7 Å². The van der Waals surface area contributed by atoms with Crippen LogP contribution in [0, 0.1) is 5.82 Å². The number of nitrogens with zero attached hydrogens (tertiary/aromatic N) is 3. The summed E-state index contributed by atoms with van der Waals surface area (Å²) in [5.74, 6) is 0.180. The lowest BCUT2D eigenvalue weighted by Crippen LogP contribution is -2.59. The predicted octanol–water partition coefficient (Wildman–Crippen LogP) is 4.53. The van der Waals surface area contributed by atoms with Crippen LogP contribution in [0.2, 0.25) is 5.02 Å². The van der Waals surface area contributed by atoms with Crippen molar-refractivity contribution in [3.05, 3.63) is 59.7 Å². The van der Waals surface area contributed by atoms with Crippen molar-refractivity contribution in [3.63, 3.8) is 0 Å². The molecular weight excluding hydrogens is 473 g/mol. The number of ether oxygens (including phenoxy) is 2. The molecule has 5 rings (SSSR count). The van der Waals surface area contributed by atoms with Gasteiger partial charge in [-0.25, -0.2) is 14.4 Å². The number of methoxy groups -OCH3 is 1. The van der Waals surface area contributed by atoms with Crippen molar-refractivity contribution in [1.82, 2.24) is 14.9 Å². The van der Waals surface area contributed by atoms with Crippen molar-refractivity contribution in [1.29, 1.82) is 0 Å². The number of benzene rings is 2. The summed E-state index contributed by atoms with van der Waals surface area (Å²) in [4.78, 5) is 23.6. The number of amides is 1. The first-order chi connectivity index (χ1) is 17.0. The zero-order valence-corrected chi connectivity index (χ0v) is 19.9. The van der Waals surface area contributed by atoms with Gasteiger partial charge in [0, 0.05) is 29.8 Å². The molecule has 0 spiro atoms. The van der Waals surface area contributed by atoms with E-state index in [4.69, 9.17) is 21.1 Å². The van der Waals surface area contributed by atoms with E-state index in [0.29, 0.717) is 52.5 Å². The smallest absolute Gasteiger partial charge is 0.248 e. The van der Waals surface area contributed by atoms with E-state index in [1.165, 1.54) is 31.6 Å². The Bertz CT molecular complexity index is 1290. The third-order valence-electron chi connectivity index (χ3n) is 6.32. The standard InChI is InChI=1S/C25H25ClFN5O3/c1-34-23-12-19-16(25(29-14-28-19)30-15-6-7-18(27)17(26)10-15)11-20(23)31-24(33)5-3-9-32-8-2-4-22-21(32)13-35-22/h3,5-7,10-12,14,21-22H,2,4,8-9,13H2,1H3,(H,31,33)(H,28,29,30)/b5-3+. The molecule has 2 saturated heterocycles. The van der Waals surface area contributed by atoms with Gasteiger partial charge < -0.3 is 20.1 Å². The van der Waals surface area contributed by atoms with E-state index in [9.17, 15) is 9.18 Å². The van der Waals surface area contributed by atoms with Crippen LogP contribution in [0.15, 0.2) is 48.8 Å². The number of halogens is 2. The lowest BCUT2D eigenvalue weighted by molar-refractivity contribution is -0.152. The van der Waals surface area contributed by atoms with Gasteiger partial charge in [-0.2, -0.15) is 0 Å². The van der Waals surface area contributed by atoms with E-state index in [0.717, 1.165) is 26.0 Å².